The third-order valence-electron chi connectivity index (χ3n) is 3.33. The van der Waals surface area contributed by atoms with Crippen molar-refractivity contribution in [2.24, 2.45) is 0 Å². The molecule has 2 aromatic heterocycles. The number of carboxylic acid groups (broad SMARTS) is 1. The third kappa shape index (κ3) is 4.41. The van der Waals surface area contributed by atoms with Crippen LogP contribution in [0.25, 0.3) is 0 Å². The van der Waals surface area contributed by atoms with E-state index in [1.807, 2.05) is 17.8 Å². The Labute approximate surface area is 141 Å². The van der Waals surface area contributed by atoms with Gasteiger partial charge in [0.2, 0.25) is 0 Å². The maximum atomic E-state index is 12.0. The monoisotopic (exact) mass is 383 g/mol. The van der Waals surface area contributed by atoms with Crippen LogP contribution in [0.15, 0.2) is 22.9 Å². The Balaban J connectivity index is 1.80. The lowest BCUT2D eigenvalue weighted by atomic mass is 10.3. The van der Waals surface area contributed by atoms with Crippen molar-refractivity contribution in [1.82, 2.24) is 24.9 Å². The number of aliphatic carboxylic acids is 1. The van der Waals surface area contributed by atoms with E-state index in [0.717, 1.165) is 16.6 Å². The molecule has 1 amide bonds. The number of aromatic nitrogens is 4. The standard InChI is InChI=1S/C14H18BrN5O3/c1-9-11(15)8-19(17-9)6-3-5-16-13(21)12-4-7-20(18-12)10(2)14(22)23/h4,7-8,10H,3,5-6H2,1-2H3,(H,16,21)(H,22,23). The molecule has 0 bridgehead atoms. The molecule has 0 radical (unpaired) electrons. The van der Waals surface area contributed by atoms with Crippen LogP contribution >= 0.6 is 15.9 Å². The number of amides is 1. The highest BCUT2D eigenvalue weighted by atomic mass is 79.9. The van der Waals surface area contributed by atoms with Gasteiger partial charge in [0.1, 0.15) is 11.7 Å². The second-order valence-corrected chi connectivity index (χ2v) is 5.98. The molecule has 1 unspecified atom stereocenters. The molecule has 0 saturated heterocycles. The van der Waals surface area contributed by atoms with Gasteiger partial charge >= 0.3 is 5.97 Å². The Hall–Kier alpha value is -2.16. The SMILES string of the molecule is Cc1nn(CCCNC(=O)c2ccn(C(C)C(=O)O)n2)cc1Br. The number of carbonyl (C=O) groups excluding carboxylic acids is 1. The molecule has 2 N–H and O–H groups in total. The van der Waals surface area contributed by atoms with Gasteiger partial charge in [0.05, 0.1) is 10.2 Å². The minimum atomic E-state index is -0.999. The van der Waals surface area contributed by atoms with Crippen LogP contribution in [0.1, 0.15) is 35.6 Å². The number of aryl methyl sites for hydroxylation is 2. The van der Waals surface area contributed by atoms with Crippen LogP contribution in [0.3, 0.4) is 0 Å². The van der Waals surface area contributed by atoms with E-state index in [9.17, 15) is 9.59 Å². The van der Waals surface area contributed by atoms with Gasteiger partial charge in [-0.25, -0.2) is 4.79 Å². The number of carbonyl (C=O) groups is 2. The number of nitrogens with zero attached hydrogens (tertiary/aromatic N) is 4. The summed E-state index contributed by atoms with van der Waals surface area (Å²) in [5, 5.41) is 20.0. The van der Waals surface area contributed by atoms with Crippen LogP contribution in [-0.2, 0) is 11.3 Å². The molecule has 8 nitrogen and oxygen atoms in total. The van der Waals surface area contributed by atoms with Crippen LogP contribution in [0.5, 0.6) is 0 Å². The summed E-state index contributed by atoms with van der Waals surface area (Å²) >= 11 is 3.40. The predicted molar refractivity (Wildman–Crippen MR) is 86.2 cm³/mol. The van der Waals surface area contributed by atoms with Crippen LogP contribution in [0, 0.1) is 6.92 Å². The molecule has 124 valence electrons. The Morgan fingerprint density at radius 1 is 1.43 bits per heavy atom. The van der Waals surface area contributed by atoms with Crippen LogP contribution in [0.4, 0.5) is 0 Å². The summed E-state index contributed by atoms with van der Waals surface area (Å²) in [6.07, 6.45) is 4.11. The van der Waals surface area contributed by atoms with E-state index < -0.39 is 12.0 Å². The fourth-order valence-corrected chi connectivity index (χ4v) is 2.25. The molecule has 0 aromatic carbocycles. The zero-order chi connectivity index (χ0) is 17.0. The van der Waals surface area contributed by atoms with Crippen molar-refractivity contribution in [3.05, 3.63) is 34.3 Å². The molecule has 2 aromatic rings. The molecule has 23 heavy (non-hydrogen) atoms. The van der Waals surface area contributed by atoms with Crippen molar-refractivity contribution < 1.29 is 14.7 Å². The zero-order valence-corrected chi connectivity index (χ0v) is 14.4. The summed E-state index contributed by atoms with van der Waals surface area (Å²) in [4.78, 5) is 22.8. The van der Waals surface area contributed by atoms with E-state index in [1.54, 1.807) is 0 Å². The van der Waals surface area contributed by atoms with Gasteiger partial charge in [-0.15, -0.1) is 0 Å². The Bertz CT molecular complexity index is 690. The minimum Gasteiger partial charge on any atom is -0.480 e. The number of halogens is 1. The van der Waals surface area contributed by atoms with Crippen molar-refractivity contribution in [3.8, 4) is 0 Å². The first kappa shape index (κ1) is 17.2. The lowest BCUT2D eigenvalue weighted by molar-refractivity contribution is -0.140. The Kier molecular flexibility index (Phi) is 5.54. The van der Waals surface area contributed by atoms with E-state index in [-0.39, 0.29) is 11.6 Å². The summed E-state index contributed by atoms with van der Waals surface area (Å²) in [7, 11) is 0. The van der Waals surface area contributed by atoms with Gasteiger partial charge in [0.25, 0.3) is 5.91 Å². The first-order valence-corrected chi connectivity index (χ1v) is 7.93. The summed E-state index contributed by atoms with van der Waals surface area (Å²) in [5.41, 5.74) is 1.13. The third-order valence-corrected chi connectivity index (χ3v) is 4.11. The largest absolute Gasteiger partial charge is 0.480 e. The predicted octanol–water partition coefficient (Wildman–Crippen LogP) is 1.62. The fourth-order valence-electron chi connectivity index (χ4n) is 1.93. The molecule has 0 spiro atoms. The number of hydrogen-bond donors (Lipinski definition) is 2. The second kappa shape index (κ2) is 7.40. The van der Waals surface area contributed by atoms with Crippen LogP contribution in [-0.4, -0.2) is 43.1 Å². The van der Waals surface area contributed by atoms with Crippen molar-refractivity contribution in [1.29, 1.82) is 0 Å². The fraction of sp³-hybridized carbons (Fsp3) is 0.429. The highest BCUT2D eigenvalue weighted by Crippen LogP contribution is 2.13. The molecule has 0 fully saturated rings. The van der Waals surface area contributed by atoms with Gasteiger partial charge in [0, 0.05) is 25.5 Å². The first-order valence-electron chi connectivity index (χ1n) is 7.14. The number of rotatable bonds is 7. The average molecular weight is 384 g/mol. The van der Waals surface area contributed by atoms with Gasteiger partial charge in [-0.05, 0) is 42.3 Å². The second-order valence-electron chi connectivity index (χ2n) is 5.13. The molecule has 1 atom stereocenters. The normalized spacial score (nSPS) is 12.1. The Morgan fingerprint density at radius 3 is 2.78 bits per heavy atom. The van der Waals surface area contributed by atoms with Gasteiger partial charge in [-0.3, -0.25) is 14.2 Å². The molecular formula is C14H18BrN5O3. The smallest absolute Gasteiger partial charge is 0.328 e. The van der Waals surface area contributed by atoms with Crippen molar-refractivity contribution in [3.63, 3.8) is 0 Å². The highest BCUT2D eigenvalue weighted by molar-refractivity contribution is 9.10. The van der Waals surface area contributed by atoms with E-state index in [2.05, 4.69) is 31.4 Å². The topological polar surface area (TPSA) is 102 Å². The molecule has 0 aliphatic carbocycles. The van der Waals surface area contributed by atoms with E-state index in [4.69, 9.17) is 5.11 Å². The van der Waals surface area contributed by atoms with E-state index >= 15 is 0 Å². The lowest BCUT2D eigenvalue weighted by Gasteiger charge is -2.06. The van der Waals surface area contributed by atoms with E-state index in [1.165, 1.54) is 23.9 Å². The average Bonchev–Trinajstić information content (AvgIpc) is 3.10. The first-order chi connectivity index (χ1) is 10.9. The quantitative estimate of drug-likeness (QED) is 0.707. The van der Waals surface area contributed by atoms with Gasteiger partial charge < -0.3 is 10.4 Å². The maximum Gasteiger partial charge on any atom is 0.328 e. The van der Waals surface area contributed by atoms with Gasteiger partial charge in [-0.1, -0.05) is 0 Å². The Morgan fingerprint density at radius 2 is 2.17 bits per heavy atom. The molecule has 2 heterocycles. The van der Waals surface area contributed by atoms with Crippen LogP contribution in [0.2, 0.25) is 0 Å². The highest BCUT2D eigenvalue weighted by Gasteiger charge is 2.16. The van der Waals surface area contributed by atoms with Crippen molar-refractivity contribution >= 4 is 27.8 Å². The molecular weight excluding hydrogens is 366 g/mol. The summed E-state index contributed by atoms with van der Waals surface area (Å²) in [5.74, 6) is -1.32. The summed E-state index contributed by atoms with van der Waals surface area (Å²) in [6, 6.07) is 0.695. The molecule has 0 saturated carbocycles. The number of carboxylic acids is 1. The maximum absolute atomic E-state index is 12.0. The van der Waals surface area contributed by atoms with Gasteiger partial charge in [-0.2, -0.15) is 10.2 Å². The molecule has 0 aliphatic rings. The summed E-state index contributed by atoms with van der Waals surface area (Å²) in [6.45, 7) is 4.59. The van der Waals surface area contributed by atoms with Gasteiger partial charge in [0.15, 0.2) is 0 Å². The lowest BCUT2D eigenvalue weighted by Crippen LogP contribution is -2.26. The van der Waals surface area contributed by atoms with E-state index in [0.29, 0.717) is 13.1 Å². The number of nitrogens with one attached hydrogen (secondary N) is 1. The van der Waals surface area contributed by atoms with Crippen molar-refractivity contribution in [2.75, 3.05) is 6.54 Å². The number of hydrogen-bond acceptors (Lipinski definition) is 4. The summed E-state index contributed by atoms with van der Waals surface area (Å²) < 4.78 is 4.02. The minimum absolute atomic E-state index is 0.204. The van der Waals surface area contributed by atoms with Crippen LogP contribution < -0.4 is 5.32 Å². The van der Waals surface area contributed by atoms with Crippen molar-refractivity contribution in [2.45, 2.75) is 32.9 Å². The molecule has 9 heteroatoms. The zero-order valence-electron chi connectivity index (χ0n) is 12.9. The molecule has 0 aliphatic heterocycles. The molecule has 2 rings (SSSR count).